The molecule has 0 heterocycles. The van der Waals surface area contributed by atoms with E-state index >= 15 is 0 Å². The molecule has 0 saturated heterocycles. The molecule has 0 fully saturated rings. The second-order valence-electron chi connectivity index (χ2n) is 3.84. The van der Waals surface area contributed by atoms with Gasteiger partial charge in [0, 0.05) is 12.2 Å². The maximum Gasteiger partial charge on any atom is 0.332 e. The fourth-order valence-electron chi connectivity index (χ4n) is 1.39. The van der Waals surface area contributed by atoms with Gasteiger partial charge in [0.15, 0.2) is 0 Å². The van der Waals surface area contributed by atoms with Crippen molar-refractivity contribution in [1.29, 1.82) is 0 Å². The largest absolute Gasteiger partial charge is 0.377 e. The minimum Gasteiger partial charge on any atom is -0.377 e. The molecule has 0 aliphatic rings. The minimum atomic E-state index is -0.678. The number of hydrogen-bond acceptors (Lipinski definition) is 3. The molecule has 0 spiro atoms. The average molecular weight is 249 g/mol. The third kappa shape index (κ3) is 5.45. The number of carbonyl (C=O) groups excluding carboxylic acids is 1. The molecule has 2 amide bonds. The van der Waals surface area contributed by atoms with Crippen molar-refractivity contribution in [2.45, 2.75) is 26.4 Å². The number of nitrogens with one attached hydrogen (secondary N) is 1. The zero-order valence-corrected chi connectivity index (χ0v) is 10.6. The Bertz CT molecular complexity index is 405. The van der Waals surface area contributed by atoms with Crippen molar-refractivity contribution in [3.05, 3.63) is 35.4 Å². The Morgan fingerprint density at radius 3 is 3.00 bits per heavy atom. The summed E-state index contributed by atoms with van der Waals surface area (Å²) in [6, 6.07) is 7.05. The number of carbonyl (C=O) groups is 1. The van der Waals surface area contributed by atoms with E-state index in [0.717, 1.165) is 30.6 Å². The van der Waals surface area contributed by atoms with Crippen LogP contribution in [0.15, 0.2) is 29.4 Å². The van der Waals surface area contributed by atoms with Crippen LogP contribution in [-0.4, -0.2) is 18.9 Å². The smallest absolute Gasteiger partial charge is 0.332 e. The molecule has 0 aliphatic heterocycles. The molecule has 1 aromatic rings. The number of benzene rings is 1. The van der Waals surface area contributed by atoms with Crippen molar-refractivity contribution < 1.29 is 9.53 Å². The van der Waals surface area contributed by atoms with E-state index in [0.29, 0.717) is 6.61 Å². The Morgan fingerprint density at radius 2 is 2.28 bits per heavy atom. The summed E-state index contributed by atoms with van der Waals surface area (Å²) in [5.41, 5.74) is 9.02. The van der Waals surface area contributed by atoms with Crippen molar-refractivity contribution in [2.75, 3.05) is 6.61 Å². The predicted molar refractivity (Wildman–Crippen MR) is 71.3 cm³/mol. The molecule has 0 aromatic heterocycles. The summed E-state index contributed by atoms with van der Waals surface area (Å²) >= 11 is 0. The van der Waals surface area contributed by atoms with Crippen LogP contribution >= 0.6 is 0 Å². The van der Waals surface area contributed by atoms with E-state index in [-0.39, 0.29) is 0 Å². The van der Waals surface area contributed by atoms with Gasteiger partial charge < -0.3 is 10.5 Å². The third-order valence-electron chi connectivity index (χ3n) is 2.33. The van der Waals surface area contributed by atoms with Crippen LogP contribution in [-0.2, 0) is 11.3 Å². The minimum absolute atomic E-state index is 0.540. The summed E-state index contributed by atoms with van der Waals surface area (Å²) in [4.78, 5) is 10.5. The van der Waals surface area contributed by atoms with Gasteiger partial charge >= 0.3 is 6.03 Å². The van der Waals surface area contributed by atoms with Crippen molar-refractivity contribution >= 4 is 12.2 Å². The SMILES string of the molecule is CCCCOCc1ccccc1C=NNC(N)=O. The van der Waals surface area contributed by atoms with Gasteiger partial charge in [0.1, 0.15) is 0 Å². The molecule has 0 saturated carbocycles. The lowest BCUT2D eigenvalue weighted by molar-refractivity contribution is 0.118. The predicted octanol–water partition coefficient (Wildman–Crippen LogP) is 2.01. The van der Waals surface area contributed by atoms with Crippen LogP contribution < -0.4 is 11.2 Å². The highest BCUT2D eigenvalue weighted by atomic mass is 16.5. The molecule has 0 atom stereocenters. The fourth-order valence-corrected chi connectivity index (χ4v) is 1.39. The average Bonchev–Trinajstić information content (AvgIpc) is 2.36. The zero-order valence-electron chi connectivity index (χ0n) is 10.6. The van der Waals surface area contributed by atoms with Gasteiger partial charge in [-0.1, -0.05) is 37.6 Å². The number of urea groups is 1. The summed E-state index contributed by atoms with van der Waals surface area (Å²) in [7, 11) is 0. The quantitative estimate of drug-likeness (QED) is 0.440. The second kappa shape index (κ2) is 8.25. The first-order chi connectivity index (χ1) is 8.74. The fraction of sp³-hybridized carbons (Fsp3) is 0.385. The van der Waals surface area contributed by atoms with Gasteiger partial charge in [-0.3, -0.25) is 0 Å². The number of hydrazone groups is 1. The first-order valence-electron chi connectivity index (χ1n) is 5.98. The standard InChI is InChI=1S/C13H19N3O2/c1-2-3-8-18-10-12-7-5-4-6-11(12)9-15-16-13(14)17/h4-7,9H,2-3,8,10H2,1H3,(H3,14,16,17). The number of ether oxygens (including phenoxy) is 1. The number of nitrogens with two attached hydrogens (primary N) is 1. The number of primary amides is 1. The highest BCUT2D eigenvalue weighted by Crippen LogP contribution is 2.08. The van der Waals surface area contributed by atoms with Gasteiger partial charge in [-0.05, 0) is 12.0 Å². The van der Waals surface area contributed by atoms with Crippen LogP contribution in [0.1, 0.15) is 30.9 Å². The van der Waals surface area contributed by atoms with Crippen molar-refractivity contribution in [1.82, 2.24) is 5.43 Å². The highest BCUT2D eigenvalue weighted by molar-refractivity contribution is 5.83. The van der Waals surface area contributed by atoms with Crippen LogP contribution in [0.5, 0.6) is 0 Å². The van der Waals surface area contributed by atoms with Crippen molar-refractivity contribution in [2.24, 2.45) is 10.8 Å². The molecule has 1 rings (SSSR count). The Morgan fingerprint density at radius 1 is 1.50 bits per heavy atom. The molecule has 0 bridgehead atoms. The van der Waals surface area contributed by atoms with Gasteiger partial charge in [-0.25, -0.2) is 10.2 Å². The van der Waals surface area contributed by atoms with E-state index in [2.05, 4.69) is 17.5 Å². The summed E-state index contributed by atoms with van der Waals surface area (Å²) in [6.07, 6.45) is 3.73. The van der Waals surface area contributed by atoms with E-state index in [1.165, 1.54) is 0 Å². The maximum atomic E-state index is 10.5. The first kappa shape index (κ1) is 14.2. The number of amides is 2. The van der Waals surface area contributed by atoms with E-state index in [1.807, 2.05) is 24.3 Å². The van der Waals surface area contributed by atoms with E-state index in [1.54, 1.807) is 6.21 Å². The van der Waals surface area contributed by atoms with Crippen molar-refractivity contribution in [3.63, 3.8) is 0 Å². The highest BCUT2D eigenvalue weighted by Gasteiger charge is 1.99. The molecule has 98 valence electrons. The molecule has 0 unspecified atom stereocenters. The molecule has 18 heavy (non-hydrogen) atoms. The topological polar surface area (TPSA) is 76.7 Å². The molecule has 5 heteroatoms. The molecule has 1 aromatic carbocycles. The van der Waals surface area contributed by atoms with Gasteiger partial charge in [0.2, 0.25) is 0 Å². The molecule has 5 nitrogen and oxygen atoms in total. The monoisotopic (exact) mass is 249 g/mol. The summed E-state index contributed by atoms with van der Waals surface area (Å²) < 4.78 is 5.55. The van der Waals surface area contributed by atoms with Crippen LogP contribution in [0.2, 0.25) is 0 Å². The lowest BCUT2D eigenvalue weighted by Crippen LogP contribution is -2.24. The van der Waals surface area contributed by atoms with E-state index < -0.39 is 6.03 Å². The van der Waals surface area contributed by atoms with E-state index in [9.17, 15) is 4.79 Å². The Kier molecular flexibility index (Phi) is 6.50. The third-order valence-corrected chi connectivity index (χ3v) is 2.33. The van der Waals surface area contributed by atoms with Gasteiger partial charge in [-0.2, -0.15) is 5.10 Å². The second-order valence-corrected chi connectivity index (χ2v) is 3.84. The summed E-state index contributed by atoms with van der Waals surface area (Å²) in [5.74, 6) is 0. The normalized spacial score (nSPS) is 10.7. The number of unbranched alkanes of at least 4 members (excludes halogenated alkanes) is 1. The lowest BCUT2D eigenvalue weighted by Gasteiger charge is -2.06. The summed E-state index contributed by atoms with van der Waals surface area (Å²) in [6.45, 7) is 3.42. The van der Waals surface area contributed by atoms with Crippen LogP contribution in [0, 0.1) is 0 Å². The Hall–Kier alpha value is -1.88. The molecular formula is C13H19N3O2. The summed E-state index contributed by atoms with van der Waals surface area (Å²) in [5, 5.41) is 3.74. The van der Waals surface area contributed by atoms with Crippen LogP contribution in [0.4, 0.5) is 4.79 Å². The molecule has 3 N–H and O–H groups in total. The molecule has 0 aliphatic carbocycles. The van der Waals surface area contributed by atoms with E-state index in [4.69, 9.17) is 10.5 Å². The van der Waals surface area contributed by atoms with Crippen LogP contribution in [0.25, 0.3) is 0 Å². The number of rotatable bonds is 7. The van der Waals surface area contributed by atoms with Gasteiger partial charge in [0.25, 0.3) is 0 Å². The number of hydrogen-bond donors (Lipinski definition) is 2. The maximum absolute atomic E-state index is 10.5. The Labute approximate surface area is 107 Å². The number of nitrogens with zero attached hydrogens (tertiary/aromatic N) is 1. The molecule has 0 radical (unpaired) electrons. The first-order valence-corrected chi connectivity index (χ1v) is 5.98. The van der Waals surface area contributed by atoms with Crippen molar-refractivity contribution in [3.8, 4) is 0 Å². The Balaban J connectivity index is 2.56. The van der Waals surface area contributed by atoms with Gasteiger partial charge in [0.05, 0.1) is 12.8 Å². The van der Waals surface area contributed by atoms with Gasteiger partial charge in [-0.15, -0.1) is 0 Å². The molecular weight excluding hydrogens is 230 g/mol. The lowest BCUT2D eigenvalue weighted by atomic mass is 10.1. The van der Waals surface area contributed by atoms with Crippen LogP contribution in [0.3, 0.4) is 0 Å². The zero-order chi connectivity index (χ0) is 13.2.